The highest BCUT2D eigenvalue weighted by atomic mass is 16.3. The highest BCUT2D eigenvalue weighted by molar-refractivity contribution is 5.95. The molecule has 1 aliphatic rings. The minimum absolute atomic E-state index is 0.0537. The van der Waals surface area contributed by atoms with Gasteiger partial charge in [-0.1, -0.05) is 0 Å². The van der Waals surface area contributed by atoms with E-state index in [1.165, 1.54) is 6.42 Å². The van der Waals surface area contributed by atoms with Gasteiger partial charge < -0.3 is 15.1 Å². The first kappa shape index (κ1) is 14.8. The third-order valence-corrected chi connectivity index (χ3v) is 4.10. The van der Waals surface area contributed by atoms with Crippen molar-refractivity contribution in [1.29, 1.82) is 0 Å². The van der Waals surface area contributed by atoms with Crippen molar-refractivity contribution in [3.63, 3.8) is 0 Å². The van der Waals surface area contributed by atoms with Gasteiger partial charge >= 0.3 is 0 Å². The van der Waals surface area contributed by atoms with Crippen molar-refractivity contribution in [2.45, 2.75) is 19.8 Å². The van der Waals surface area contributed by atoms with Crippen molar-refractivity contribution < 1.29 is 9.21 Å². The van der Waals surface area contributed by atoms with Gasteiger partial charge in [0.2, 0.25) is 0 Å². The van der Waals surface area contributed by atoms with Gasteiger partial charge in [-0.05, 0) is 63.0 Å². The maximum absolute atomic E-state index is 12.2. The van der Waals surface area contributed by atoms with Gasteiger partial charge in [0.05, 0.1) is 17.5 Å². The number of furan rings is 1. The Balaban J connectivity index is 1.60. The van der Waals surface area contributed by atoms with E-state index in [4.69, 9.17) is 4.42 Å². The van der Waals surface area contributed by atoms with Crippen molar-refractivity contribution in [2.75, 3.05) is 19.6 Å². The van der Waals surface area contributed by atoms with Gasteiger partial charge in [-0.15, -0.1) is 0 Å². The Kier molecular flexibility index (Phi) is 4.53. The molecule has 0 bridgehead atoms. The van der Waals surface area contributed by atoms with Gasteiger partial charge in [0, 0.05) is 6.54 Å². The average Bonchev–Trinajstić information content (AvgIpc) is 3.20. The molecule has 5 heteroatoms. The molecule has 0 saturated carbocycles. The van der Waals surface area contributed by atoms with E-state index in [1.807, 2.05) is 31.2 Å². The topological polar surface area (TPSA) is 67.2 Å². The predicted molar refractivity (Wildman–Crippen MR) is 84.6 cm³/mol. The Morgan fingerprint density at radius 1 is 1.45 bits per heavy atom. The van der Waals surface area contributed by atoms with Crippen molar-refractivity contribution in [3.05, 3.63) is 41.8 Å². The second kappa shape index (κ2) is 6.75. The number of hydrogen-bond acceptors (Lipinski definition) is 4. The Morgan fingerprint density at radius 3 is 3.05 bits per heavy atom. The lowest BCUT2D eigenvalue weighted by molar-refractivity contribution is 0.0950. The first-order chi connectivity index (χ1) is 10.7. The molecule has 1 atom stereocenters. The number of nitrogens with zero attached hydrogens (tertiary/aromatic N) is 1. The number of hydrogen-bond donors (Lipinski definition) is 2. The molecular weight excluding hydrogens is 278 g/mol. The van der Waals surface area contributed by atoms with E-state index < -0.39 is 0 Å². The van der Waals surface area contributed by atoms with Crippen LogP contribution in [0.15, 0.2) is 34.9 Å². The number of pyridine rings is 1. The average molecular weight is 299 g/mol. The second-order valence-electron chi connectivity index (χ2n) is 5.71. The minimum atomic E-state index is -0.0537. The minimum Gasteiger partial charge on any atom is -0.463 e. The number of carbonyl (C=O) groups is 1. The summed E-state index contributed by atoms with van der Waals surface area (Å²) in [6.07, 6.45) is 3.84. The molecule has 5 nitrogen and oxygen atoms in total. The van der Waals surface area contributed by atoms with Gasteiger partial charge in [0.15, 0.2) is 5.76 Å². The number of carbonyl (C=O) groups excluding carboxylic acids is 1. The molecule has 0 spiro atoms. The van der Waals surface area contributed by atoms with E-state index >= 15 is 0 Å². The Morgan fingerprint density at radius 2 is 2.36 bits per heavy atom. The lowest BCUT2D eigenvalue weighted by atomic mass is 10.1. The van der Waals surface area contributed by atoms with Crippen LogP contribution in [0.2, 0.25) is 0 Å². The molecule has 2 aromatic heterocycles. The van der Waals surface area contributed by atoms with Gasteiger partial charge in [-0.2, -0.15) is 0 Å². The normalized spacial score (nSPS) is 17.6. The highest BCUT2D eigenvalue weighted by Crippen LogP contribution is 2.19. The maximum Gasteiger partial charge on any atom is 0.253 e. The quantitative estimate of drug-likeness (QED) is 0.889. The number of aryl methyl sites for hydroxylation is 1. The van der Waals surface area contributed by atoms with Crippen LogP contribution in [-0.4, -0.2) is 30.5 Å². The SMILES string of the molecule is Cc1nc(-c2ccco2)ccc1C(=O)NCCC1CCNC1. The van der Waals surface area contributed by atoms with E-state index in [0.717, 1.165) is 25.2 Å². The standard InChI is InChI=1S/C17H21N3O2/c1-12-14(4-5-15(20-12)16-3-2-10-22-16)17(21)19-9-7-13-6-8-18-11-13/h2-5,10,13,18H,6-9,11H2,1H3,(H,19,21). The van der Waals surface area contributed by atoms with Crippen LogP contribution in [0.3, 0.4) is 0 Å². The number of amides is 1. The highest BCUT2D eigenvalue weighted by Gasteiger charge is 2.16. The molecule has 1 aliphatic heterocycles. The second-order valence-corrected chi connectivity index (χ2v) is 5.71. The Bertz CT molecular complexity index is 631. The van der Waals surface area contributed by atoms with E-state index in [1.54, 1.807) is 6.26 Å². The van der Waals surface area contributed by atoms with Gasteiger partial charge in [-0.25, -0.2) is 4.98 Å². The van der Waals surface area contributed by atoms with Crippen molar-refractivity contribution in [1.82, 2.24) is 15.6 Å². The van der Waals surface area contributed by atoms with Crippen LogP contribution >= 0.6 is 0 Å². The van der Waals surface area contributed by atoms with Gasteiger partial charge in [0.1, 0.15) is 5.69 Å². The summed E-state index contributed by atoms with van der Waals surface area (Å²) in [6, 6.07) is 7.32. The molecule has 1 fully saturated rings. The molecule has 1 saturated heterocycles. The molecule has 3 heterocycles. The number of aromatic nitrogens is 1. The largest absolute Gasteiger partial charge is 0.463 e. The van der Waals surface area contributed by atoms with Crippen LogP contribution < -0.4 is 10.6 Å². The molecule has 2 N–H and O–H groups in total. The van der Waals surface area contributed by atoms with Crippen LogP contribution in [0.1, 0.15) is 28.9 Å². The molecule has 116 valence electrons. The van der Waals surface area contributed by atoms with Crippen LogP contribution in [0, 0.1) is 12.8 Å². The number of rotatable bonds is 5. The zero-order valence-corrected chi connectivity index (χ0v) is 12.8. The third kappa shape index (κ3) is 3.36. The van der Waals surface area contributed by atoms with Crippen molar-refractivity contribution >= 4 is 5.91 Å². The fourth-order valence-corrected chi connectivity index (χ4v) is 2.81. The molecule has 1 unspecified atom stereocenters. The van der Waals surface area contributed by atoms with Gasteiger partial charge in [0.25, 0.3) is 5.91 Å². The van der Waals surface area contributed by atoms with Crippen LogP contribution in [0.5, 0.6) is 0 Å². The fourth-order valence-electron chi connectivity index (χ4n) is 2.81. The Labute approximate surface area is 130 Å². The predicted octanol–water partition coefficient (Wildman–Crippen LogP) is 2.38. The maximum atomic E-state index is 12.2. The molecule has 1 amide bonds. The van der Waals surface area contributed by atoms with Crippen LogP contribution in [0.25, 0.3) is 11.5 Å². The summed E-state index contributed by atoms with van der Waals surface area (Å²) < 4.78 is 5.33. The summed E-state index contributed by atoms with van der Waals surface area (Å²) in [5.41, 5.74) is 2.09. The van der Waals surface area contributed by atoms with Crippen LogP contribution in [0.4, 0.5) is 0 Å². The lowest BCUT2D eigenvalue weighted by Gasteiger charge is -2.10. The van der Waals surface area contributed by atoms with Crippen molar-refractivity contribution in [2.24, 2.45) is 5.92 Å². The molecule has 0 radical (unpaired) electrons. The summed E-state index contributed by atoms with van der Waals surface area (Å²) in [6.45, 7) is 4.72. The molecule has 22 heavy (non-hydrogen) atoms. The van der Waals surface area contributed by atoms with Crippen LogP contribution in [-0.2, 0) is 0 Å². The fraction of sp³-hybridized carbons (Fsp3) is 0.412. The van der Waals surface area contributed by atoms with E-state index in [-0.39, 0.29) is 5.91 Å². The first-order valence-electron chi connectivity index (χ1n) is 7.74. The molecular formula is C17H21N3O2. The first-order valence-corrected chi connectivity index (χ1v) is 7.74. The third-order valence-electron chi connectivity index (χ3n) is 4.10. The summed E-state index contributed by atoms with van der Waals surface area (Å²) in [5.74, 6) is 1.34. The van der Waals surface area contributed by atoms with E-state index in [9.17, 15) is 4.79 Å². The summed E-state index contributed by atoms with van der Waals surface area (Å²) in [5, 5.41) is 6.33. The monoisotopic (exact) mass is 299 g/mol. The molecule has 0 aromatic carbocycles. The van der Waals surface area contributed by atoms with E-state index in [0.29, 0.717) is 29.5 Å². The lowest BCUT2D eigenvalue weighted by Crippen LogP contribution is -2.27. The van der Waals surface area contributed by atoms with E-state index in [2.05, 4.69) is 15.6 Å². The number of nitrogens with one attached hydrogen (secondary N) is 2. The van der Waals surface area contributed by atoms with Gasteiger partial charge in [-0.3, -0.25) is 4.79 Å². The zero-order chi connectivity index (χ0) is 15.4. The Hall–Kier alpha value is -2.14. The molecule has 3 rings (SSSR count). The molecule has 0 aliphatic carbocycles. The summed E-state index contributed by atoms with van der Waals surface area (Å²) in [7, 11) is 0. The zero-order valence-electron chi connectivity index (χ0n) is 12.8. The van der Waals surface area contributed by atoms with Crippen molar-refractivity contribution in [3.8, 4) is 11.5 Å². The smallest absolute Gasteiger partial charge is 0.253 e. The summed E-state index contributed by atoms with van der Waals surface area (Å²) >= 11 is 0. The summed E-state index contributed by atoms with van der Waals surface area (Å²) in [4.78, 5) is 16.7. The molecule has 2 aromatic rings.